The number of rotatable bonds is 7. The van der Waals surface area contributed by atoms with E-state index >= 15 is 0 Å². The summed E-state index contributed by atoms with van der Waals surface area (Å²) in [5, 5.41) is 13.9. The zero-order valence-corrected chi connectivity index (χ0v) is 12.6. The quantitative estimate of drug-likeness (QED) is 0.640. The van der Waals surface area contributed by atoms with Crippen molar-refractivity contribution in [2.24, 2.45) is 0 Å². The van der Waals surface area contributed by atoms with Crippen LogP contribution in [0.1, 0.15) is 18.9 Å². The van der Waals surface area contributed by atoms with Crippen molar-refractivity contribution in [1.82, 2.24) is 10.6 Å². The van der Waals surface area contributed by atoms with Crippen molar-refractivity contribution in [3.63, 3.8) is 0 Å². The Morgan fingerprint density at radius 1 is 1.26 bits per heavy atom. The highest BCUT2D eigenvalue weighted by molar-refractivity contribution is 5.88. The van der Waals surface area contributed by atoms with Crippen molar-refractivity contribution < 1.29 is 23.5 Å². The average molecular weight is 324 g/mol. The summed E-state index contributed by atoms with van der Waals surface area (Å²) in [6.07, 6.45) is 5.00. The molecule has 1 aromatic rings. The SMILES string of the molecule is C#CC[C@@H](CO)NC(=O)[C@H](C)NC(=O)Cc1cc(F)cc(F)c1. The molecule has 0 radical (unpaired) electrons. The molecule has 0 fully saturated rings. The van der Waals surface area contributed by atoms with Crippen LogP contribution in [-0.2, 0) is 16.0 Å². The zero-order chi connectivity index (χ0) is 17.4. The van der Waals surface area contributed by atoms with Crippen LogP contribution < -0.4 is 10.6 Å². The molecular weight excluding hydrogens is 306 g/mol. The van der Waals surface area contributed by atoms with Crippen LogP contribution in [0.5, 0.6) is 0 Å². The topological polar surface area (TPSA) is 78.4 Å². The molecule has 0 saturated carbocycles. The van der Waals surface area contributed by atoms with Crippen LogP contribution in [0, 0.1) is 24.0 Å². The molecule has 124 valence electrons. The lowest BCUT2D eigenvalue weighted by molar-refractivity contribution is -0.128. The first-order chi connectivity index (χ1) is 10.8. The van der Waals surface area contributed by atoms with Crippen LogP contribution in [0.2, 0.25) is 0 Å². The molecule has 0 saturated heterocycles. The maximum atomic E-state index is 13.0. The largest absolute Gasteiger partial charge is 0.394 e. The molecule has 7 heteroatoms. The summed E-state index contributed by atoms with van der Waals surface area (Å²) in [7, 11) is 0. The van der Waals surface area contributed by atoms with Gasteiger partial charge in [0.1, 0.15) is 17.7 Å². The number of nitrogens with one attached hydrogen (secondary N) is 2. The van der Waals surface area contributed by atoms with Gasteiger partial charge in [-0.2, -0.15) is 0 Å². The summed E-state index contributed by atoms with van der Waals surface area (Å²) < 4.78 is 26.1. The first kappa shape index (κ1) is 18.6. The summed E-state index contributed by atoms with van der Waals surface area (Å²) in [6, 6.07) is 1.32. The van der Waals surface area contributed by atoms with Gasteiger partial charge in [0, 0.05) is 12.5 Å². The molecule has 5 nitrogen and oxygen atoms in total. The Bertz CT molecular complexity index is 594. The van der Waals surface area contributed by atoms with E-state index in [1.165, 1.54) is 6.92 Å². The number of amides is 2. The molecule has 0 bridgehead atoms. The van der Waals surface area contributed by atoms with Gasteiger partial charge in [-0.15, -0.1) is 12.3 Å². The van der Waals surface area contributed by atoms with Crippen LogP contribution in [0.15, 0.2) is 18.2 Å². The second kappa shape index (κ2) is 8.86. The fraction of sp³-hybridized carbons (Fsp3) is 0.375. The lowest BCUT2D eigenvalue weighted by Gasteiger charge is -2.18. The lowest BCUT2D eigenvalue weighted by atomic mass is 10.1. The third kappa shape index (κ3) is 6.45. The van der Waals surface area contributed by atoms with E-state index in [-0.39, 0.29) is 25.0 Å². The monoisotopic (exact) mass is 324 g/mol. The van der Waals surface area contributed by atoms with Gasteiger partial charge >= 0.3 is 0 Å². The number of carbonyl (C=O) groups excluding carboxylic acids is 2. The molecule has 0 heterocycles. The average Bonchev–Trinajstić information content (AvgIpc) is 2.45. The van der Waals surface area contributed by atoms with Gasteiger partial charge < -0.3 is 15.7 Å². The molecular formula is C16H18F2N2O3. The minimum atomic E-state index is -0.882. The summed E-state index contributed by atoms with van der Waals surface area (Å²) in [6.45, 7) is 1.13. The smallest absolute Gasteiger partial charge is 0.242 e. The second-order valence-corrected chi connectivity index (χ2v) is 5.04. The van der Waals surface area contributed by atoms with Gasteiger partial charge in [-0.25, -0.2) is 8.78 Å². The zero-order valence-electron chi connectivity index (χ0n) is 12.6. The van der Waals surface area contributed by atoms with Crippen LogP contribution in [0.25, 0.3) is 0 Å². The van der Waals surface area contributed by atoms with E-state index in [0.29, 0.717) is 6.07 Å². The molecule has 3 N–H and O–H groups in total. The minimum absolute atomic E-state index is 0.158. The molecule has 0 aliphatic carbocycles. The van der Waals surface area contributed by atoms with Crippen molar-refractivity contribution in [1.29, 1.82) is 0 Å². The highest BCUT2D eigenvalue weighted by Gasteiger charge is 2.19. The van der Waals surface area contributed by atoms with Crippen molar-refractivity contribution in [3.8, 4) is 12.3 Å². The highest BCUT2D eigenvalue weighted by Crippen LogP contribution is 2.08. The van der Waals surface area contributed by atoms with E-state index in [2.05, 4.69) is 16.6 Å². The Morgan fingerprint density at radius 2 is 1.87 bits per heavy atom. The standard InChI is InChI=1S/C16H18F2N2O3/c1-3-4-14(9-21)20-16(23)10(2)19-15(22)7-11-5-12(17)8-13(18)6-11/h1,5-6,8,10,14,21H,4,7,9H2,2H3,(H,19,22)(H,20,23)/t10-,14-/m0/s1. The number of benzene rings is 1. The van der Waals surface area contributed by atoms with E-state index in [0.717, 1.165) is 12.1 Å². The predicted octanol–water partition coefficient (Wildman–Crippen LogP) is 0.512. The Balaban J connectivity index is 2.55. The first-order valence-electron chi connectivity index (χ1n) is 6.94. The van der Waals surface area contributed by atoms with Crippen LogP contribution in [0.4, 0.5) is 8.78 Å². The van der Waals surface area contributed by atoms with Crippen molar-refractivity contribution in [3.05, 3.63) is 35.4 Å². The maximum Gasteiger partial charge on any atom is 0.242 e. The third-order valence-electron chi connectivity index (χ3n) is 2.99. The normalized spacial score (nSPS) is 12.8. The number of halogens is 2. The number of aliphatic hydroxyl groups is 1. The van der Waals surface area contributed by atoms with Crippen molar-refractivity contribution >= 4 is 11.8 Å². The summed E-state index contributed by atoms with van der Waals surface area (Å²) in [4.78, 5) is 23.7. The molecule has 2 amide bonds. The van der Waals surface area contributed by atoms with E-state index in [1.54, 1.807) is 0 Å². The van der Waals surface area contributed by atoms with Crippen LogP contribution >= 0.6 is 0 Å². The summed E-state index contributed by atoms with van der Waals surface area (Å²) in [5.74, 6) is -0.320. The highest BCUT2D eigenvalue weighted by atomic mass is 19.1. The number of carbonyl (C=O) groups is 2. The predicted molar refractivity (Wildman–Crippen MR) is 80.1 cm³/mol. The van der Waals surface area contributed by atoms with E-state index in [1.807, 2.05) is 0 Å². The summed E-state index contributed by atoms with van der Waals surface area (Å²) in [5.41, 5.74) is 0.160. The van der Waals surface area contributed by atoms with E-state index in [4.69, 9.17) is 11.5 Å². The molecule has 2 atom stereocenters. The van der Waals surface area contributed by atoms with E-state index < -0.39 is 35.5 Å². The lowest BCUT2D eigenvalue weighted by Crippen LogP contribution is -2.49. The van der Waals surface area contributed by atoms with Gasteiger partial charge in [0.25, 0.3) is 0 Å². The number of terminal acetylenes is 1. The van der Waals surface area contributed by atoms with Gasteiger partial charge in [0.05, 0.1) is 19.1 Å². The molecule has 23 heavy (non-hydrogen) atoms. The Kier molecular flexibility index (Phi) is 7.16. The Labute approximate surface area is 133 Å². The maximum absolute atomic E-state index is 13.0. The molecule has 0 aliphatic rings. The molecule has 0 unspecified atom stereocenters. The number of aliphatic hydroxyl groups excluding tert-OH is 1. The van der Waals surface area contributed by atoms with Gasteiger partial charge in [-0.3, -0.25) is 9.59 Å². The molecule has 1 rings (SSSR count). The number of hydrogen-bond donors (Lipinski definition) is 3. The Morgan fingerprint density at radius 3 is 2.39 bits per heavy atom. The van der Waals surface area contributed by atoms with Crippen LogP contribution in [0.3, 0.4) is 0 Å². The first-order valence-corrected chi connectivity index (χ1v) is 6.94. The van der Waals surface area contributed by atoms with E-state index in [9.17, 15) is 18.4 Å². The third-order valence-corrected chi connectivity index (χ3v) is 2.99. The van der Waals surface area contributed by atoms with Crippen molar-refractivity contribution in [2.45, 2.75) is 31.8 Å². The van der Waals surface area contributed by atoms with Gasteiger partial charge in [0.15, 0.2) is 0 Å². The second-order valence-electron chi connectivity index (χ2n) is 5.04. The Hall–Kier alpha value is -2.46. The number of hydrogen-bond acceptors (Lipinski definition) is 3. The molecule has 0 spiro atoms. The van der Waals surface area contributed by atoms with Crippen LogP contribution in [-0.4, -0.2) is 35.6 Å². The van der Waals surface area contributed by atoms with Gasteiger partial charge in [-0.1, -0.05) is 0 Å². The van der Waals surface area contributed by atoms with Crippen molar-refractivity contribution in [2.75, 3.05) is 6.61 Å². The van der Waals surface area contributed by atoms with Gasteiger partial charge in [-0.05, 0) is 24.6 Å². The minimum Gasteiger partial charge on any atom is -0.394 e. The molecule has 0 aromatic heterocycles. The van der Waals surface area contributed by atoms with Gasteiger partial charge in [0.2, 0.25) is 11.8 Å². The molecule has 0 aliphatic heterocycles. The fourth-order valence-electron chi connectivity index (χ4n) is 1.89. The summed E-state index contributed by atoms with van der Waals surface area (Å²) >= 11 is 0. The molecule has 1 aromatic carbocycles. The fourth-order valence-corrected chi connectivity index (χ4v) is 1.89.